The van der Waals surface area contributed by atoms with Gasteiger partial charge in [-0.25, -0.2) is 19.2 Å². The van der Waals surface area contributed by atoms with Crippen molar-refractivity contribution in [1.29, 1.82) is 0 Å². The summed E-state index contributed by atoms with van der Waals surface area (Å²) >= 11 is 0. The van der Waals surface area contributed by atoms with Crippen LogP contribution in [0.5, 0.6) is 0 Å². The van der Waals surface area contributed by atoms with E-state index in [2.05, 4.69) is 54.8 Å². The lowest BCUT2D eigenvalue weighted by Crippen LogP contribution is -2.43. The summed E-state index contributed by atoms with van der Waals surface area (Å²) in [5.41, 5.74) is 6.32. The molecular weight excluding hydrogens is 675 g/mol. The Morgan fingerprint density at radius 2 is 1.28 bits per heavy atom. The van der Waals surface area contributed by atoms with Gasteiger partial charge in [0.2, 0.25) is 5.91 Å². The van der Waals surface area contributed by atoms with Gasteiger partial charge in [0, 0.05) is 26.1 Å². The highest BCUT2D eigenvalue weighted by atomic mass is 19.1. The van der Waals surface area contributed by atoms with E-state index < -0.39 is 24.3 Å². The number of nitrogens with one attached hydrogen (secondary N) is 4. The first-order chi connectivity index (χ1) is 25.8. The van der Waals surface area contributed by atoms with Crippen LogP contribution < -0.4 is 10.6 Å². The molecule has 5 heterocycles. The van der Waals surface area contributed by atoms with E-state index in [-0.39, 0.29) is 36.9 Å². The monoisotopic (exact) mass is 716 g/mol. The van der Waals surface area contributed by atoms with Gasteiger partial charge in [-0.05, 0) is 53.5 Å². The fourth-order valence-corrected chi connectivity index (χ4v) is 7.92. The highest BCUT2D eigenvalue weighted by Crippen LogP contribution is 2.36. The van der Waals surface area contributed by atoms with Gasteiger partial charge in [0.05, 0.1) is 41.9 Å². The van der Waals surface area contributed by atoms with Crippen molar-refractivity contribution in [2.75, 3.05) is 19.6 Å². The van der Waals surface area contributed by atoms with Crippen molar-refractivity contribution in [3.8, 4) is 33.6 Å². The molecule has 3 aliphatic heterocycles. The van der Waals surface area contributed by atoms with Crippen LogP contribution >= 0.6 is 0 Å². The number of carbonyl (C=O) groups is 3. The third kappa shape index (κ3) is 7.04. The van der Waals surface area contributed by atoms with E-state index in [1.54, 1.807) is 41.6 Å². The number of aromatic nitrogens is 4. The van der Waals surface area contributed by atoms with E-state index in [0.717, 1.165) is 65.1 Å². The molecular formula is C40H41FN8O4. The number of carboxylic acid groups (broad SMARTS) is 1. The molecule has 2 aromatic heterocycles. The van der Waals surface area contributed by atoms with Gasteiger partial charge in [-0.3, -0.25) is 9.59 Å². The Hall–Kier alpha value is -5.82. The summed E-state index contributed by atoms with van der Waals surface area (Å²) in [6.45, 7) is 1.39. The minimum absolute atomic E-state index is 0.0501. The van der Waals surface area contributed by atoms with Gasteiger partial charge < -0.3 is 35.5 Å². The first-order valence-electron chi connectivity index (χ1n) is 18.2. The predicted molar refractivity (Wildman–Crippen MR) is 196 cm³/mol. The van der Waals surface area contributed by atoms with Gasteiger partial charge in [0.1, 0.15) is 23.9 Å². The summed E-state index contributed by atoms with van der Waals surface area (Å²) in [5, 5.41) is 14.9. The average Bonchev–Trinajstić information content (AvgIpc) is 4.03. The van der Waals surface area contributed by atoms with Crippen LogP contribution in [-0.2, 0) is 9.59 Å². The number of carbonyl (C=O) groups excluding carboxylic acids is 2. The molecule has 8 rings (SSSR count). The molecule has 53 heavy (non-hydrogen) atoms. The Morgan fingerprint density at radius 3 is 1.81 bits per heavy atom. The van der Waals surface area contributed by atoms with Crippen LogP contribution in [0.15, 0.2) is 91.3 Å². The summed E-state index contributed by atoms with van der Waals surface area (Å²) in [6.07, 6.45) is 4.78. The van der Waals surface area contributed by atoms with E-state index in [9.17, 15) is 23.9 Å². The molecule has 3 saturated heterocycles. The lowest BCUT2D eigenvalue weighted by molar-refractivity contribution is -0.135. The summed E-state index contributed by atoms with van der Waals surface area (Å²) in [5.74, 6) is 1.07. The molecule has 3 fully saturated rings. The maximum absolute atomic E-state index is 13.7. The van der Waals surface area contributed by atoms with Gasteiger partial charge in [-0.1, -0.05) is 78.9 Å². The van der Waals surface area contributed by atoms with Crippen LogP contribution in [0.1, 0.15) is 67.4 Å². The summed E-state index contributed by atoms with van der Waals surface area (Å²) in [6, 6.07) is 23.4. The third-order valence-electron chi connectivity index (χ3n) is 10.6. The molecule has 0 saturated carbocycles. The van der Waals surface area contributed by atoms with Crippen LogP contribution in [0.25, 0.3) is 33.6 Å². The zero-order valence-electron chi connectivity index (χ0n) is 29.0. The lowest BCUT2D eigenvalue weighted by Gasteiger charge is -2.28. The van der Waals surface area contributed by atoms with Gasteiger partial charge in [0.25, 0.3) is 5.91 Å². The van der Waals surface area contributed by atoms with Crippen molar-refractivity contribution in [3.05, 3.63) is 108 Å². The number of benzene rings is 3. The Labute approximate surface area is 305 Å². The van der Waals surface area contributed by atoms with Crippen LogP contribution in [0.4, 0.5) is 9.18 Å². The fraction of sp³-hybridized carbons (Fsp3) is 0.325. The number of hydrogen-bond acceptors (Lipinski definition) is 6. The van der Waals surface area contributed by atoms with Crippen molar-refractivity contribution in [1.82, 2.24) is 40.4 Å². The molecule has 13 heteroatoms. The number of rotatable bonds is 9. The Morgan fingerprint density at radius 1 is 0.755 bits per heavy atom. The standard InChI is InChI=1S/C40H41FN8O4/c41-29-20-30(42-21-29)38(50)48-18-4-8-33(48)36-43-22-31(45-36)26-14-10-24(11-15-26)25-12-16-27(17-13-25)32-23-44-37(46-32)34-9-5-19-49(34)39(51)35(47-40(52)53)28-6-2-1-3-7-28/h1-3,6-7,10-17,22-23,29-30,33-35,42,47H,4-5,8-9,18-21H2,(H,43,45)(H,44,46)(H,52,53)/t29-,30-,33-,34-,35+/m0/s1. The van der Waals surface area contributed by atoms with Crippen molar-refractivity contribution in [3.63, 3.8) is 0 Å². The topological polar surface area (TPSA) is 159 Å². The average molecular weight is 717 g/mol. The summed E-state index contributed by atoms with van der Waals surface area (Å²) < 4.78 is 13.7. The second-order valence-corrected chi connectivity index (χ2v) is 14.0. The van der Waals surface area contributed by atoms with Gasteiger partial charge in [-0.2, -0.15) is 0 Å². The van der Waals surface area contributed by atoms with Gasteiger partial charge >= 0.3 is 6.09 Å². The maximum atomic E-state index is 13.7. The number of nitrogens with zero attached hydrogens (tertiary/aromatic N) is 4. The first-order valence-corrected chi connectivity index (χ1v) is 18.2. The SMILES string of the molecule is O=C(O)N[C@@H](C(=O)N1CCC[C@H]1c1ncc(-c2ccc(-c3ccc(-c4cnc([C@@H]5CCCN5C(=O)[C@@H]5C[C@H](F)CN5)[nH]4)cc3)cc2)[nH]1)c1ccccc1. The van der Waals surface area contributed by atoms with Crippen LogP contribution in [0, 0.1) is 0 Å². The molecule has 0 aliphatic carbocycles. The van der Waals surface area contributed by atoms with Crippen molar-refractivity contribution in [2.45, 2.75) is 62.4 Å². The molecule has 3 aliphatic rings. The largest absolute Gasteiger partial charge is 0.465 e. The quantitative estimate of drug-likeness (QED) is 0.122. The molecule has 5 aromatic rings. The molecule has 5 N–H and O–H groups in total. The highest BCUT2D eigenvalue weighted by Gasteiger charge is 2.39. The fourth-order valence-electron chi connectivity index (χ4n) is 7.92. The molecule has 3 aromatic carbocycles. The lowest BCUT2D eigenvalue weighted by atomic mass is 10.0. The predicted octanol–water partition coefficient (Wildman–Crippen LogP) is 6.17. The number of likely N-dealkylation sites (tertiary alicyclic amines) is 2. The number of aromatic amines is 2. The minimum atomic E-state index is -1.26. The number of halogens is 1. The molecule has 272 valence electrons. The van der Waals surface area contributed by atoms with E-state index >= 15 is 0 Å². The zero-order valence-corrected chi connectivity index (χ0v) is 29.0. The van der Waals surface area contributed by atoms with Gasteiger partial charge in [-0.15, -0.1) is 0 Å². The van der Waals surface area contributed by atoms with Crippen LogP contribution in [0.3, 0.4) is 0 Å². The summed E-state index contributed by atoms with van der Waals surface area (Å²) in [7, 11) is 0. The Kier molecular flexibility index (Phi) is 9.48. The molecule has 0 spiro atoms. The number of H-pyrrole nitrogens is 2. The van der Waals surface area contributed by atoms with Crippen molar-refractivity contribution >= 4 is 17.9 Å². The van der Waals surface area contributed by atoms with Crippen molar-refractivity contribution in [2.24, 2.45) is 0 Å². The van der Waals surface area contributed by atoms with Gasteiger partial charge in [0.15, 0.2) is 0 Å². The second kappa shape index (κ2) is 14.7. The first kappa shape index (κ1) is 34.3. The second-order valence-electron chi connectivity index (χ2n) is 14.0. The molecule has 0 radical (unpaired) electrons. The number of hydrogen-bond donors (Lipinski definition) is 5. The van der Waals surface area contributed by atoms with E-state index in [0.29, 0.717) is 24.5 Å². The highest BCUT2D eigenvalue weighted by molar-refractivity contribution is 5.87. The molecule has 3 amide bonds. The van der Waals surface area contributed by atoms with E-state index in [1.165, 1.54) is 0 Å². The minimum Gasteiger partial charge on any atom is -0.465 e. The normalized spacial score (nSPS) is 21.9. The number of amides is 3. The van der Waals surface area contributed by atoms with Crippen LogP contribution in [-0.4, -0.2) is 84.6 Å². The molecule has 5 atom stereocenters. The maximum Gasteiger partial charge on any atom is 0.405 e. The molecule has 12 nitrogen and oxygen atoms in total. The Bertz CT molecular complexity index is 2080. The van der Waals surface area contributed by atoms with E-state index in [1.807, 2.05) is 35.2 Å². The van der Waals surface area contributed by atoms with E-state index in [4.69, 9.17) is 0 Å². The third-order valence-corrected chi connectivity index (χ3v) is 10.6. The van der Waals surface area contributed by atoms with Crippen molar-refractivity contribution < 1.29 is 23.9 Å². The smallest absolute Gasteiger partial charge is 0.405 e. The Balaban J connectivity index is 0.925. The van der Waals surface area contributed by atoms with Crippen LogP contribution in [0.2, 0.25) is 0 Å². The molecule has 0 bridgehead atoms. The zero-order chi connectivity index (χ0) is 36.5. The molecule has 0 unspecified atom stereocenters. The number of alkyl halides is 1. The summed E-state index contributed by atoms with van der Waals surface area (Å²) in [4.78, 5) is 58.1. The number of imidazole rings is 2.